The van der Waals surface area contributed by atoms with E-state index in [0.717, 1.165) is 30.7 Å². The molecule has 4 nitrogen and oxygen atoms in total. The first-order chi connectivity index (χ1) is 17.3. The van der Waals surface area contributed by atoms with Crippen LogP contribution in [0.25, 0.3) is 0 Å². The normalized spacial score (nSPS) is 24.1. The van der Waals surface area contributed by atoms with Crippen molar-refractivity contribution in [2.75, 3.05) is 0 Å². The lowest BCUT2D eigenvalue weighted by atomic mass is 9.89. The second kappa shape index (κ2) is 9.68. The van der Waals surface area contributed by atoms with Gasteiger partial charge in [0.1, 0.15) is 11.5 Å². The summed E-state index contributed by atoms with van der Waals surface area (Å²) >= 11 is 0. The van der Waals surface area contributed by atoms with E-state index in [4.69, 9.17) is 0 Å². The van der Waals surface area contributed by atoms with Crippen molar-refractivity contribution in [1.82, 2.24) is 0 Å². The molecule has 0 spiro atoms. The number of halogens is 6. The summed E-state index contributed by atoms with van der Waals surface area (Å²) in [6.45, 7) is 3.29. The van der Waals surface area contributed by atoms with Gasteiger partial charge in [-0.25, -0.2) is 0 Å². The van der Waals surface area contributed by atoms with Crippen LogP contribution in [0, 0.1) is 5.92 Å². The summed E-state index contributed by atoms with van der Waals surface area (Å²) in [6.07, 6.45) is -3.51. The van der Waals surface area contributed by atoms with Gasteiger partial charge in [0.05, 0.1) is 22.7 Å². The molecule has 0 saturated heterocycles. The van der Waals surface area contributed by atoms with Crippen LogP contribution in [0.4, 0.5) is 26.3 Å². The van der Waals surface area contributed by atoms with E-state index in [0.29, 0.717) is 19.3 Å². The second-order valence-electron chi connectivity index (χ2n) is 9.85. The standard InChI is InChI=1S/C27H28F6N2O2/c1-3-16-8-20(26(28,29)30)10-18(23(16)36)13-34-22-7-15-5-6-25(22,12-15)35-14-19-11-21(27(31,32)33)9-17(4-2)24(19)37/h8-11,13-15,22,36-37H,3-7,12H2,1-2H3. The van der Waals surface area contributed by atoms with Crippen molar-refractivity contribution in [3.63, 3.8) is 0 Å². The Morgan fingerprint density at radius 2 is 1.38 bits per heavy atom. The molecular formula is C27H28F6N2O2. The average molecular weight is 527 g/mol. The molecule has 4 rings (SSSR count). The van der Waals surface area contributed by atoms with Gasteiger partial charge in [0, 0.05) is 23.6 Å². The fraction of sp³-hybridized carbons (Fsp3) is 0.481. The van der Waals surface area contributed by atoms with Gasteiger partial charge in [-0.2, -0.15) is 26.3 Å². The predicted molar refractivity (Wildman–Crippen MR) is 129 cm³/mol. The maximum Gasteiger partial charge on any atom is 0.416 e. The number of fused-ring (bicyclic) bond motifs is 2. The van der Waals surface area contributed by atoms with Crippen molar-refractivity contribution >= 4 is 12.4 Å². The molecule has 3 unspecified atom stereocenters. The fourth-order valence-electron chi connectivity index (χ4n) is 5.47. The minimum absolute atomic E-state index is 0.0396. The number of aryl methyl sites for hydroxylation is 2. The van der Waals surface area contributed by atoms with Gasteiger partial charge in [0.25, 0.3) is 0 Å². The van der Waals surface area contributed by atoms with Crippen molar-refractivity contribution in [3.8, 4) is 11.5 Å². The van der Waals surface area contributed by atoms with Gasteiger partial charge >= 0.3 is 12.4 Å². The summed E-state index contributed by atoms with van der Waals surface area (Å²) in [4.78, 5) is 9.17. The van der Waals surface area contributed by atoms with Gasteiger partial charge in [0.15, 0.2) is 0 Å². The maximum atomic E-state index is 13.4. The van der Waals surface area contributed by atoms with E-state index in [1.165, 1.54) is 12.4 Å². The van der Waals surface area contributed by atoms with Crippen LogP contribution >= 0.6 is 0 Å². The minimum atomic E-state index is -4.58. The molecule has 2 bridgehead atoms. The number of rotatable bonds is 6. The van der Waals surface area contributed by atoms with E-state index in [9.17, 15) is 36.6 Å². The van der Waals surface area contributed by atoms with Crippen molar-refractivity contribution in [2.24, 2.45) is 15.9 Å². The van der Waals surface area contributed by atoms with Gasteiger partial charge in [-0.1, -0.05) is 13.8 Å². The summed E-state index contributed by atoms with van der Waals surface area (Å²) in [6, 6.07) is 3.14. The number of phenols is 2. The van der Waals surface area contributed by atoms with E-state index in [1.807, 2.05) is 0 Å². The first kappa shape index (κ1) is 27.0. The predicted octanol–water partition coefficient (Wildman–Crippen LogP) is 7.11. The topological polar surface area (TPSA) is 65.2 Å². The Labute approximate surface area is 210 Å². The molecule has 10 heteroatoms. The third-order valence-corrected chi connectivity index (χ3v) is 7.51. The van der Waals surface area contributed by atoms with E-state index < -0.39 is 35.1 Å². The van der Waals surface area contributed by atoms with Crippen LogP contribution in [-0.4, -0.2) is 34.2 Å². The number of aliphatic imine (C=N–C) groups is 2. The number of aromatic hydroxyl groups is 2. The monoisotopic (exact) mass is 526 g/mol. The van der Waals surface area contributed by atoms with Gasteiger partial charge in [-0.15, -0.1) is 0 Å². The van der Waals surface area contributed by atoms with Crippen LogP contribution in [0.5, 0.6) is 11.5 Å². The molecule has 2 aromatic carbocycles. The quantitative estimate of drug-likeness (QED) is 0.311. The van der Waals surface area contributed by atoms with Crippen LogP contribution in [0.15, 0.2) is 34.3 Å². The van der Waals surface area contributed by atoms with Crippen molar-refractivity contribution in [2.45, 2.75) is 76.3 Å². The molecule has 3 atom stereocenters. The average Bonchev–Trinajstić information content (AvgIpc) is 3.39. The van der Waals surface area contributed by atoms with Crippen molar-refractivity contribution in [1.29, 1.82) is 0 Å². The number of nitrogens with zero attached hydrogens (tertiary/aromatic N) is 2. The molecule has 0 amide bonds. The Kier molecular flexibility index (Phi) is 7.07. The summed E-state index contributed by atoms with van der Waals surface area (Å²) in [7, 11) is 0. The largest absolute Gasteiger partial charge is 0.507 e. The van der Waals surface area contributed by atoms with E-state index >= 15 is 0 Å². The molecule has 2 aliphatic rings. The molecule has 2 fully saturated rings. The number of phenolic OH excluding ortho intramolecular Hbond substituents is 2. The van der Waals surface area contributed by atoms with Gasteiger partial charge in [0.2, 0.25) is 0 Å². The molecular weight excluding hydrogens is 498 g/mol. The van der Waals surface area contributed by atoms with Crippen molar-refractivity contribution in [3.05, 3.63) is 57.6 Å². The first-order valence-corrected chi connectivity index (χ1v) is 12.2. The zero-order chi connectivity index (χ0) is 27.2. The number of benzene rings is 2. The molecule has 2 aromatic rings. The molecule has 0 heterocycles. The molecule has 2 aliphatic carbocycles. The van der Waals surface area contributed by atoms with E-state index in [2.05, 4.69) is 9.98 Å². The maximum absolute atomic E-state index is 13.4. The third-order valence-electron chi connectivity index (χ3n) is 7.51. The van der Waals surface area contributed by atoms with Crippen LogP contribution in [0.3, 0.4) is 0 Å². The Bertz CT molecular complexity index is 1230. The fourth-order valence-corrected chi connectivity index (χ4v) is 5.47. The second-order valence-corrected chi connectivity index (χ2v) is 9.85. The smallest absolute Gasteiger partial charge is 0.416 e. The molecule has 0 aliphatic heterocycles. The molecule has 0 radical (unpaired) electrons. The minimum Gasteiger partial charge on any atom is -0.507 e. The summed E-state index contributed by atoms with van der Waals surface area (Å²) < 4.78 is 80.2. The summed E-state index contributed by atoms with van der Waals surface area (Å²) in [5.41, 5.74) is -2.26. The Balaban J connectivity index is 1.68. The highest BCUT2D eigenvalue weighted by molar-refractivity contribution is 5.86. The molecule has 2 saturated carbocycles. The van der Waals surface area contributed by atoms with Crippen LogP contribution in [0.1, 0.15) is 72.9 Å². The van der Waals surface area contributed by atoms with Gasteiger partial charge < -0.3 is 10.2 Å². The Morgan fingerprint density at radius 3 is 1.84 bits per heavy atom. The van der Waals surface area contributed by atoms with Crippen LogP contribution in [0.2, 0.25) is 0 Å². The zero-order valence-electron chi connectivity index (χ0n) is 20.4. The highest BCUT2D eigenvalue weighted by Crippen LogP contribution is 2.52. The van der Waals surface area contributed by atoms with E-state index in [-0.39, 0.29) is 52.5 Å². The van der Waals surface area contributed by atoms with Gasteiger partial charge in [-0.05, 0) is 79.8 Å². The Hall–Kier alpha value is -3.04. The SMILES string of the molecule is CCc1cc(C(F)(F)F)cc(C=NC2CC3CCC2(N=Cc2cc(C(F)(F)F)cc(CC)c2O)C3)c1O. The summed E-state index contributed by atoms with van der Waals surface area (Å²) in [5, 5.41) is 21.0. The van der Waals surface area contributed by atoms with Crippen LogP contribution in [-0.2, 0) is 25.2 Å². The highest BCUT2D eigenvalue weighted by Gasteiger charge is 2.52. The Morgan fingerprint density at radius 1 is 0.865 bits per heavy atom. The van der Waals surface area contributed by atoms with Crippen LogP contribution < -0.4 is 0 Å². The first-order valence-electron chi connectivity index (χ1n) is 12.2. The number of alkyl halides is 6. The molecule has 200 valence electrons. The molecule has 37 heavy (non-hydrogen) atoms. The lowest BCUT2D eigenvalue weighted by Gasteiger charge is -2.28. The lowest BCUT2D eigenvalue weighted by Crippen LogP contribution is -2.34. The molecule has 2 N–H and O–H groups in total. The van der Waals surface area contributed by atoms with Gasteiger partial charge in [-0.3, -0.25) is 9.98 Å². The number of hydrogen-bond acceptors (Lipinski definition) is 4. The third kappa shape index (κ3) is 5.33. The van der Waals surface area contributed by atoms with Crippen molar-refractivity contribution < 1.29 is 36.6 Å². The molecule has 0 aromatic heterocycles. The number of hydrogen-bond donors (Lipinski definition) is 2. The highest BCUT2D eigenvalue weighted by atomic mass is 19.4. The van der Waals surface area contributed by atoms with E-state index in [1.54, 1.807) is 13.8 Å². The lowest BCUT2D eigenvalue weighted by molar-refractivity contribution is -0.138. The summed E-state index contributed by atoms with van der Waals surface area (Å²) in [5.74, 6) is -0.243. The zero-order valence-corrected chi connectivity index (χ0v) is 20.4.